The fourth-order valence-corrected chi connectivity index (χ4v) is 3.91. The second kappa shape index (κ2) is 5.80. The first-order chi connectivity index (χ1) is 9.40. The van der Waals surface area contributed by atoms with Crippen molar-refractivity contribution in [2.45, 2.75) is 43.5 Å². The molecule has 0 saturated carbocycles. The van der Waals surface area contributed by atoms with Gasteiger partial charge in [0.25, 0.3) is 10.0 Å². The summed E-state index contributed by atoms with van der Waals surface area (Å²) < 4.78 is 33.4. The van der Waals surface area contributed by atoms with Gasteiger partial charge >= 0.3 is 0 Å². The molecule has 0 spiro atoms. The summed E-state index contributed by atoms with van der Waals surface area (Å²) in [5, 5.41) is 9.38. The van der Waals surface area contributed by atoms with Crippen LogP contribution in [0.2, 0.25) is 0 Å². The fraction of sp³-hybridized carbons (Fsp3) is 0.750. The lowest BCUT2D eigenvalue weighted by Crippen LogP contribution is -2.38. The normalized spacial score (nSPS) is 24.6. The molecule has 1 aromatic rings. The van der Waals surface area contributed by atoms with Crippen LogP contribution < -0.4 is 0 Å². The first-order valence-corrected chi connectivity index (χ1v) is 8.03. The molecule has 2 heterocycles. The van der Waals surface area contributed by atoms with E-state index in [4.69, 9.17) is 4.74 Å². The molecule has 0 radical (unpaired) electrons. The van der Waals surface area contributed by atoms with Crippen molar-refractivity contribution < 1.29 is 18.3 Å². The minimum absolute atomic E-state index is 0.0152. The molecule has 1 fully saturated rings. The lowest BCUT2D eigenvalue weighted by molar-refractivity contribution is 0.113. The summed E-state index contributed by atoms with van der Waals surface area (Å²) in [5.41, 5.74) is 0. The van der Waals surface area contributed by atoms with Crippen molar-refractivity contribution in [3.05, 3.63) is 12.5 Å². The highest BCUT2D eigenvalue weighted by atomic mass is 32.2. The van der Waals surface area contributed by atoms with Crippen molar-refractivity contribution in [3.63, 3.8) is 0 Å². The Morgan fingerprint density at radius 2 is 2.25 bits per heavy atom. The third-order valence-electron chi connectivity index (χ3n) is 3.62. The summed E-state index contributed by atoms with van der Waals surface area (Å²) in [7, 11) is -2.15. The fourth-order valence-electron chi connectivity index (χ4n) is 2.33. The average molecular weight is 303 g/mol. The molecule has 114 valence electrons. The van der Waals surface area contributed by atoms with Crippen LogP contribution in [0.1, 0.15) is 26.3 Å². The van der Waals surface area contributed by atoms with Crippen molar-refractivity contribution >= 4 is 10.0 Å². The summed E-state index contributed by atoms with van der Waals surface area (Å²) in [6.45, 7) is 3.93. The topological polar surface area (TPSA) is 84.7 Å². The monoisotopic (exact) mass is 303 g/mol. The molecule has 7 nitrogen and oxygen atoms in total. The van der Waals surface area contributed by atoms with Crippen LogP contribution in [0.4, 0.5) is 0 Å². The van der Waals surface area contributed by atoms with Crippen LogP contribution >= 0.6 is 0 Å². The van der Waals surface area contributed by atoms with Gasteiger partial charge in [0.2, 0.25) is 0 Å². The first-order valence-electron chi connectivity index (χ1n) is 6.59. The van der Waals surface area contributed by atoms with E-state index in [0.717, 1.165) is 0 Å². The molecule has 0 amide bonds. The highest BCUT2D eigenvalue weighted by molar-refractivity contribution is 7.89. The van der Waals surface area contributed by atoms with Crippen LogP contribution in [0.15, 0.2) is 17.6 Å². The zero-order valence-corrected chi connectivity index (χ0v) is 12.7. The number of rotatable bonds is 5. The minimum Gasteiger partial charge on any atom is -0.395 e. The Morgan fingerprint density at radius 3 is 2.75 bits per heavy atom. The Hall–Kier alpha value is -0.960. The van der Waals surface area contributed by atoms with Gasteiger partial charge in [0.1, 0.15) is 0 Å². The molecule has 0 unspecified atom stereocenters. The molecular formula is C12H21N3O4S. The smallest absolute Gasteiger partial charge is 0.262 e. The SMILES string of the molecule is CO[C@H]1C[C@@H](CO)N(S(=O)(=O)c2cn(C(C)C)cn2)C1. The number of aliphatic hydroxyl groups is 1. The van der Waals surface area contributed by atoms with Gasteiger partial charge in [0.15, 0.2) is 5.03 Å². The third-order valence-corrected chi connectivity index (χ3v) is 5.42. The number of hydrogen-bond donors (Lipinski definition) is 1. The van der Waals surface area contributed by atoms with Gasteiger partial charge in [-0.1, -0.05) is 0 Å². The highest BCUT2D eigenvalue weighted by Gasteiger charge is 2.41. The molecule has 8 heteroatoms. The first kappa shape index (κ1) is 15.4. The van der Waals surface area contributed by atoms with Crippen molar-refractivity contribution in [1.82, 2.24) is 13.9 Å². The Bertz CT molecular complexity index is 555. The van der Waals surface area contributed by atoms with E-state index in [2.05, 4.69) is 4.98 Å². The number of nitrogens with zero attached hydrogens (tertiary/aromatic N) is 3. The minimum atomic E-state index is -3.69. The second-order valence-corrected chi connectivity index (χ2v) is 7.09. The lowest BCUT2D eigenvalue weighted by Gasteiger charge is -2.20. The highest BCUT2D eigenvalue weighted by Crippen LogP contribution is 2.26. The molecular weight excluding hydrogens is 282 g/mol. The molecule has 0 aromatic carbocycles. The van der Waals surface area contributed by atoms with Gasteiger partial charge in [-0.05, 0) is 20.3 Å². The molecule has 1 aliphatic rings. The van der Waals surface area contributed by atoms with Gasteiger partial charge in [-0.3, -0.25) is 0 Å². The summed E-state index contributed by atoms with van der Waals surface area (Å²) in [4.78, 5) is 3.98. The van der Waals surface area contributed by atoms with E-state index in [1.165, 1.54) is 16.8 Å². The number of ether oxygens (including phenoxy) is 1. The number of hydrogen-bond acceptors (Lipinski definition) is 5. The number of aromatic nitrogens is 2. The van der Waals surface area contributed by atoms with E-state index in [1.54, 1.807) is 11.7 Å². The van der Waals surface area contributed by atoms with Gasteiger partial charge in [-0.2, -0.15) is 4.31 Å². The number of sulfonamides is 1. The zero-order valence-electron chi connectivity index (χ0n) is 11.9. The second-order valence-electron chi connectivity index (χ2n) is 5.26. The average Bonchev–Trinajstić information content (AvgIpc) is 3.05. The van der Waals surface area contributed by atoms with E-state index in [0.29, 0.717) is 6.42 Å². The van der Waals surface area contributed by atoms with E-state index in [1.807, 2.05) is 13.8 Å². The number of aliphatic hydroxyl groups excluding tert-OH is 1. The van der Waals surface area contributed by atoms with Crippen LogP contribution in [0.5, 0.6) is 0 Å². The summed E-state index contributed by atoms with van der Waals surface area (Å²) in [5.74, 6) is 0. The maximum absolute atomic E-state index is 12.6. The van der Waals surface area contributed by atoms with E-state index >= 15 is 0 Å². The molecule has 20 heavy (non-hydrogen) atoms. The Balaban J connectivity index is 2.29. The van der Waals surface area contributed by atoms with Crippen LogP contribution in [0.25, 0.3) is 0 Å². The quantitative estimate of drug-likeness (QED) is 0.842. The van der Waals surface area contributed by atoms with Gasteiger partial charge in [-0.15, -0.1) is 0 Å². The summed E-state index contributed by atoms with van der Waals surface area (Å²) in [6.07, 6.45) is 3.34. The molecule has 1 N–H and O–H groups in total. The number of methoxy groups -OCH3 is 1. The number of imidazole rings is 1. The molecule has 1 saturated heterocycles. The Kier molecular flexibility index (Phi) is 4.48. The van der Waals surface area contributed by atoms with Crippen molar-refractivity contribution in [1.29, 1.82) is 0 Å². The van der Waals surface area contributed by atoms with E-state index in [-0.39, 0.29) is 30.3 Å². The van der Waals surface area contributed by atoms with Crippen LogP contribution in [0.3, 0.4) is 0 Å². The Labute approximate surface area is 119 Å². The summed E-state index contributed by atoms with van der Waals surface area (Å²) >= 11 is 0. The Morgan fingerprint density at radius 1 is 1.55 bits per heavy atom. The maximum Gasteiger partial charge on any atom is 0.262 e. The van der Waals surface area contributed by atoms with Crippen LogP contribution in [-0.2, 0) is 14.8 Å². The van der Waals surface area contributed by atoms with E-state index in [9.17, 15) is 13.5 Å². The van der Waals surface area contributed by atoms with Gasteiger partial charge in [0, 0.05) is 25.9 Å². The van der Waals surface area contributed by atoms with Crippen LogP contribution in [-0.4, -0.2) is 59.8 Å². The molecule has 0 aliphatic carbocycles. The molecule has 2 atom stereocenters. The molecule has 2 rings (SSSR count). The van der Waals surface area contributed by atoms with Gasteiger partial charge < -0.3 is 14.4 Å². The molecule has 0 bridgehead atoms. The van der Waals surface area contributed by atoms with Gasteiger partial charge in [0.05, 0.1) is 25.1 Å². The lowest BCUT2D eigenvalue weighted by atomic mass is 10.2. The van der Waals surface area contributed by atoms with Crippen molar-refractivity contribution in [2.24, 2.45) is 0 Å². The summed E-state index contributed by atoms with van der Waals surface area (Å²) in [6, 6.07) is -0.306. The third kappa shape index (κ3) is 2.73. The maximum atomic E-state index is 12.6. The van der Waals surface area contributed by atoms with Crippen molar-refractivity contribution in [2.75, 3.05) is 20.3 Å². The van der Waals surface area contributed by atoms with E-state index < -0.39 is 16.1 Å². The predicted molar refractivity (Wildman–Crippen MR) is 72.8 cm³/mol. The van der Waals surface area contributed by atoms with Crippen LogP contribution in [0, 0.1) is 0 Å². The molecule has 1 aromatic heterocycles. The largest absolute Gasteiger partial charge is 0.395 e. The van der Waals surface area contributed by atoms with Crippen molar-refractivity contribution in [3.8, 4) is 0 Å². The predicted octanol–water partition coefficient (Wildman–Crippen LogP) is 0.234. The standard InChI is InChI=1S/C12H21N3O4S/c1-9(2)14-6-12(13-8-14)20(17,18)15-5-11(19-3)4-10(15)7-16/h6,8-11,16H,4-5,7H2,1-3H3/t10-,11-/m0/s1. The molecule has 1 aliphatic heterocycles. The van der Waals surface area contributed by atoms with Gasteiger partial charge in [-0.25, -0.2) is 13.4 Å². The zero-order chi connectivity index (χ0) is 14.9.